The molecule has 0 saturated heterocycles. The van der Waals surface area contributed by atoms with E-state index in [4.69, 9.17) is 5.73 Å². The number of nitrogens with one attached hydrogen (secondary N) is 1. The molecule has 0 saturated carbocycles. The zero-order valence-corrected chi connectivity index (χ0v) is 10.4. The largest absolute Gasteiger partial charge is 0.346 e. The first-order valence-corrected chi connectivity index (χ1v) is 5.62. The van der Waals surface area contributed by atoms with Gasteiger partial charge in [0.05, 0.1) is 18.0 Å². The lowest BCUT2D eigenvalue weighted by Gasteiger charge is -2.13. The van der Waals surface area contributed by atoms with Crippen molar-refractivity contribution in [1.82, 2.24) is 5.32 Å². The van der Waals surface area contributed by atoms with E-state index in [1.165, 1.54) is 24.3 Å². The molecule has 1 rings (SSSR count). The summed E-state index contributed by atoms with van der Waals surface area (Å²) in [6.45, 7) is -1.72. The van der Waals surface area contributed by atoms with Crippen molar-refractivity contribution in [2.45, 2.75) is 5.92 Å². The summed E-state index contributed by atoms with van der Waals surface area (Å²) in [6.07, 6.45) is 2.31. The van der Waals surface area contributed by atoms with Gasteiger partial charge in [0.2, 0.25) is 5.91 Å². The number of carbonyl (C=O) groups excluding carboxylic acids is 1. The number of carbonyl (C=O) groups is 1. The van der Waals surface area contributed by atoms with Crippen molar-refractivity contribution in [3.63, 3.8) is 0 Å². The minimum atomic E-state index is -3.16. The van der Waals surface area contributed by atoms with Crippen LogP contribution in [-0.4, -0.2) is 29.8 Å². The van der Waals surface area contributed by atoms with Crippen LogP contribution < -0.4 is 11.1 Å². The minimum Gasteiger partial charge on any atom is -0.346 e. The molecule has 8 heteroatoms. The van der Waals surface area contributed by atoms with Crippen molar-refractivity contribution in [1.29, 1.82) is 0 Å². The van der Waals surface area contributed by atoms with E-state index in [1.54, 1.807) is 6.07 Å². The fraction of sp³-hybridized carbons (Fsp3) is 0.250. The molecule has 6 nitrogen and oxygen atoms in total. The number of nitro groups is 1. The van der Waals surface area contributed by atoms with Crippen LogP contribution in [0.25, 0.3) is 6.08 Å². The molecule has 0 aliphatic heterocycles. The van der Waals surface area contributed by atoms with E-state index in [-0.39, 0.29) is 5.69 Å². The van der Waals surface area contributed by atoms with Gasteiger partial charge < -0.3 is 11.1 Å². The molecule has 3 N–H and O–H groups in total. The average molecular weight is 285 g/mol. The number of hydrogen-bond acceptors (Lipinski definition) is 4. The Labute approximate surface area is 113 Å². The van der Waals surface area contributed by atoms with Crippen molar-refractivity contribution in [3.8, 4) is 0 Å². The SMILES string of the molecule is NCC(F)(F)CNC(=O)/C=C/c1cccc([N+](=O)[O-])c1. The maximum Gasteiger partial charge on any atom is 0.277 e. The summed E-state index contributed by atoms with van der Waals surface area (Å²) in [6, 6.07) is 5.57. The standard InChI is InChI=1S/C12H13F2N3O3/c13-12(14,7-15)8-16-11(18)5-4-9-2-1-3-10(6-9)17(19)20/h1-6H,7-8,15H2,(H,16,18)/b5-4+. The molecule has 0 aliphatic rings. The van der Waals surface area contributed by atoms with Gasteiger partial charge in [-0.2, -0.15) is 0 Å². The highest BCUT2D eigenvalue weighted by Crippen LogP contribution is 2.14. The van der Waals surface area contributed by atoms with Gasteiger partial charge >= 0.3 is 0 Å². The van der Waals surface area contributed by atoms with Gasteiger partial charge in [-0.3, -0.25) is 14.9 Å². The molecule has 0 aliphatic carbocycles. The summed E-state index contributed by atoms with van der Waals surface area (Å²) in [5.41, 5.74) is 5.11. The van der Waals surface area contributed by atoms with Crippen molar-refractivity contribution in [2.75, 3.05) is 13.1 Å². The number of nitrogens with zero attached hydrogens (tertiary/aromatic N) is 1. The Kier molecular flexibility index (Phi) is 5.27. The third-order valence-electron chi connectivity index (χ3n) is 2.33. The van der Waals surface area contributed by atoms with Crippen LogP contribution >= 0.6 is 0 Å². The maximum absolute atomic E-state index is 12.8. The second kappa shape index (κ2) is 6.71. The number of nitrogens with two attached hydrogens (primary N) is 1. The number of amides is 1. The Morgan fingerprint density at radius 2 is 2.20 bits per heavy atom. The van der Waals surface area contributed by atoms with Gasteiger partial charge in [0.1, 0.15) is 0 Å². The molecule has 1 aromatic carbocycles. The van der Waals surface area contributed by atoms with Crippen LogP contribution in [-0.2, 0) is 4.79 Å². The Balaban J connectivity index is 2.61. The molecule has 0 fully saturated rings. The van der Waals surface area contributed by atoms with Gasteiger partial charge in [-0.05, 0) is 11.6 Å². The van der Waals surface area contributed by atoms with Crippen LogP contribution in [0.2, 0.25) is 0 Å². The second-order valence-electron chi connectivity index (χ2n) is 3.96. The van der Waals surface area contributed by atoms with E-state index in [0.29, 0.717) is 5.56 Å². The second-order valence-corrected chi connectivity index (χ2v) is 3.96. The molecule has 0 unspecified atom stereocenters. The van der Waals surface area contributed by atoms with Gasteiger partial charge in [-0.15, -0.1) is 0 Å². The molecular weight excluding hydrogens is 272 g/mol. The van der Waals surface area contributed by atoms with Crippen molar-refractivity contribution in [3.05, 3.63) is 46.0 Å². The molecule has 0 atom stereocenters. The first-order valence-electron chi connectivity index (χ1n) is 5.62. The molecule has 0 bridgehead atoms. The Bertz CT molecular complexity index is 532. The number of rotatable bonds is 6. The summed E-state index contributed by atoms with van der Waals surface area (Å²) in [4.78, 5) is 21.3. The number of non-ortho nitro benzene ring substituents is 1. The van der Waals surface area contributed by atoms with Crippen molar-refractivity contribution in [2.24, 2.45) is 5.73 Å². The number of alkyl halides is 2. The maximum atomic E-state index is 12.8. The predicted octanol–water partition coefficient (Wildman–Crippen LogP) is 1.32. The fourth-order valence-electron chi connectivity index (χ4n) is 1.26. The van der Waals surface area contributed by atoms with Gasteiger partial charge in [0, 0.05) is 18.2 Å². The van der Waals surface area contributed by atoms with Crippen LogP contribution in [0.3, 0.4) is 0 Å². The molecule has 1 amide bonds. The first kappa shape index (κ1) is 15.7. The normalized spacial score (nSPS) is 11.6. The van der Waals surface area contributed by atoms with E-state index < -0.39 is 29.8 Å². The molecule has 0 aromatic heterocycles. The summed E-state index contributed by atoms with van der Waals surface area (Å²) >= 11 is 0. The third kappa shape index (κ3) is 5.11. The molecule has 0 heterocycles. The van der Waals surface area contributed by atoms with Crippen LogP contribution in [0.5, 0.6) is 0 Å². The number of nitro benzene ring substituents is 1. The smallest absolute Gasteiger partial charge is 0.277 e. The van der Waals surface area contributed by atoms with E-state index in [0.717, 1.165) is 6.08 Å². The molecule has 1 aromatic rings. The van der Waals surface area contributed by atoms with Crippen LogP contribution in [0, 0.1) is 10.1 Å². The lowest BCUT2D eigenvalue weighted by Crippen LogP contribution is -2.41. The van der Waals surface area contributed by atoms with Crippen LogP contribution in [0.4, 0.5) is 14.5 Å². The number of benzene rings is 1. The Hall–Kier alpha value is -2.35. The van der Waals surface area contributed by atoms with E-state index >= 15 is 0 Å². The number of hydrogen-bond donors (Lipinski definition) is 2. The van der Waals surface area contributed by atoms with Crippen LogP contribution in [0.1, 0.15) is 5.56 Å². The molecule has 0 radical (unpaired) electrons. The Morgan fingerprint density at radius 3 is 2.80 bits per heavy atom. The van der Waals surface area contributed by atoms with E-state index in [1.807, 2.05) is 5.32 Å². The quantitative estimate of drug-likeness (QED) is 0.468. The highest BCUT2D eigenvalue weighted by atomic mass is 19.3. The third-order valence-corrected chi connectivity index (χ3v) is 2.33. The van der Waals surface area contributed by atoms with E-state index in [9.17, 15) is 23.7 Å². The van der Waals surface area contributed by atoms with Gasteiger partial charge in [0.15, 0.2) is 0 Å². The minimum absolute atomic E-state index is 0.123. The van der Waals surface area contributed by atoms with Crippen molar-refractivity contribution < 1.29 is 18.5 Å². The summed E-state index contributed by atoms with van der Waals surface area (Å²) in [7, 11) is 0. The lowest BCUT2D eigenvalue weighted by molar-refractivity contribution is -0.384. The van der Waals surface area contributed by atoms with Gasteiger partial charge in [-0.1, -0.05) is 12.1 Å². The van der Waals surface area contributed by atoms with Gasteiger partial charge in [0.25, 0.3) is 11.6 Å². The zero-order valence-electron chi connectivity index (χ0n) is 10.4. The fourth-order valence-corrected chi connectivity index (χ4v) is 1.26. The summed E-state index contributed by atoms with van der Waals surface area (Å²) < 4.78 is 25.6. The predicted molar refractivity (Wildman–Crippen MR) is 69.1 cm³/mol. The highest BCUT2D eigenvalue weighted by Gasteiger charge is 2.26. The zero-order chi connectivity index (χ0) is 15.2. The van der Waals surface area contributed by atoms with Gasteiger partial charge in [-0.25, -0.2) is 8.78 Å². The van der Waals surface area contributed by atoms with Crippen LogP contribution in [0.15, 0.2) is 30.3 Å². The molecule has 20 heavy (non-hydrogen) atoms. The topological polar surface area (TPSA) is 98.3 Å². The lowest BCUT2D eigenvalue weighted by atomic mass is 10.2. The number of halogens is 2. The average Bonchev–Trinajstić information content (AvgIpc) is 2.43. The molecular formula is C12H13F2N3O3. The Morgan fingerprint density at radius 1 is 1.50 bits per heavy atom. The summed E-state index contributed by atoms with van der Waals surface area (Å²) in [5, 5.41) is 12.5. The van der Waals surface area contributed by atoms with Crippen molar-refractivity contribution >= 4 is 17.7 Å². The molecule has 108 valence electrons. The first-order chi connectivity index (χ1) is 9.34. The van der Waals surface area contributed by atoms with E-state index in [2.05, 4.69) is 0 Å². The molecule has 0 spiro atoms. The summed E-state index contributed by atoms with van der Waals surface area (Å²) in [5.74, 6) is -3.89. The highest BCUT2D eigenvalue weighted by molar-refractivity contribution is 5.91. The monoisotopic (exact) mass is 285 g/mol.